The number of quaternary nitrogens is 1. The predicted molar refractivity (Wildman–Crippen MR) is 138 cm³/mol. The van der Waals surface area contributed by atoms with E-state index in [-0.39, 0.29) is 4.90 Å². The van der Waals surface area contributed by atoms with E-state index < -0.39 is 10.1 Å². The Morgan fingerprint density at radius 3 is 1.52 bits per heavy atom. The zero-order valence-corrected chi connectivity index (χ0v) is 22.7. The Kier molecular flexibility index (Phi) is 18.8. The molecule has 0 spiro atoms. The first-order valence-corrected chi connectivity index (χ1v) is 14.6. The number of aliphatic hydroxyl groups is 1. The Bertz CT molecular complexity index is 676. The fourth-order valence-electron chi connectivity index (χ4n) is 4.02. The van der Waals surface area contributed by atoms with Gasteiger partial charge in [-0.3, -0.25) is 0 Å². The third kappa shape index (κ3) is 18.1. The molecule has 1 aromatic rings. The lowest BCUT2D eigenvalue weighted by molar-refractivity contribution is -0.910. The number of rotatable bonds is 18. The Hall–Kier alpha value is -0.950. The van der Waals surface area contributed by atoms with Crippen LogP contribution in [0.5, 0.6) is 0 Å². The number of unbranched alkanes of at least 4 members (excludes halogenated alkanes) is 10. The van der Waals surface area contributed by atoms with Gasteiger partial charge in [0.1, 0.15) is 10.1 Å². The molecular formula is C27H51NO4S. The van der Waals surface area contributed by atoms with Crippen LogP contribution >= 0.6 is 0 Å². The highest BCUT2D eigenvalue weighted by Crippen LogP contribution is 2.14. The summed E-state index contributed by atoms with van der Waals surface area (Å²) < 4.78 is 32.4. The Morgan fingerprint density at radius 1 is 0.727 bits per heavy atom. The van der Waals surface area contributed by atoms with Crippen molar-refractivity contribution in [3.63, 3.8) is 0 Å². The average Bonchev–Trinajstić information content (AvgIpc) is 2.76. The van der Waals surface area contributed by atoms with Crippen molar-refractivity contribution in [3.05, 3.63) is 29.8 Å². The number of aryl methyl sites for hydroxylation is 1. The van der Waals surface area contributed by atoms with Gasteiger partial charge in [-0.15, -0.1) is 0 Å². The van der Waals surface area contributed by atoms with Gasteiger partial charge in [0.15, 0.2) is 0 Å². The van der Waals surface area contributed by atoms with Gasteiger partial charge in [-0.25, -0.2) is 8.42 Å². The van der Waals surface area contributed by atoms with Crippen LogP contribution in [-0.2, 0) is 10.1 Å². The molecule has 0 fully saturated rings. The smallest absolute Gasteiger partial charge is 0.124 e. The summed E-state index contributed by atoms with van der Waals surface area (Å²) in [5.74, 6) is 0. The van der Waals surface area contributed by atoms with E-state index in [2.05, 4.69) is 20.9 Å². The molecule has 0 radical (unpaired) electrons. The molecule has 0 aliphatic rings. The lowest BCUT2D eigenvalue weighted by atomic mass is 10.1. The standard InChI is InChI=1S/C20H44NO.C7H8O3S/c1-4-6-8-10-12-14-18-21(3,19-15-16-20-22)17-13-11-9-7-5-2;1-6-2-4-7(5-3-6)11(8,9)10/h22H,4-20H2,1-3H3;2-5H,1H3,(H,8,9,10)/q+1;/p-1. The van der Waals surface area contributed by atoms with Crippen LogP contribution in [0, 0.1) is 6.92 Å². The number of aliphatic hydroxyl groups excluding tert-OH is 1. The molecule has 0 amide bonds. The minimum absolute atomic E-state index is 0.178. The lowest BCUT2D eigenvalue weighted by Gasteiger charge is -2.35. The van der Waals surface area contributed by atoms with Crippen molar-refractivity contribution in [1.82, 2.24) is 0 Å². The molecule has 1 atom stereocenters. The summed E-state index contributed by atoms with van der Waals surface area (Å²) >= 11 is 0. The first-order valence-electron chi connectivity index (χ1n) is 13.2. The van der Waals surface area contributed by atoms with Crippen LogP contribution in [0.1, 0.15) is 103 Å². The monoisotopic (exact) mass is 485 g/mol. The SMILES string of the molecule is CCCCCCCC[N+](C)(CCCCO)CCCCCCC.Cc1ccc(S(=O)(=O)[O-])cc1. The molecule has 0 heterocycles. The van der Waals surface area contributed by atoms with Crippen molar-refractivity contribution < 1.29 is 22.6 Å². The molecule has 0 aliphatic heterocycles. The van der Waals surface area contributed by atoms with Gasteiger partial charge in [0.05, 0.1) is 31.6 Å². The first kappa shape index (κ1) is 32.0. The highest BCUT2D eigenvalue weighted by molar-refractivity contribution is 7.85. The molecule has 1 aromatic carbocycles. The zero-order valence-electron chi connectivity index (χ0n) is 21.9. The Labute approximate surface area is 204 Å². The van der Waals surface area contributed by atoms with Crippen molar-refractivity contribution >= 4 is 10.1 Å². The van der Waals surface area contributed by atoms with Gasteiger partial charge in [-0.1, -0.05) is 76.5 Å². The molecule has 1 unspecified atom stereocenters. The van der Waals surface area contributed by atoms with Crippen LogP contribution in [0.3, 0.4) is 0 Å². The number of hydrogen-bond donors (Lipinski definition) is 1. The van der Waals surface area contributed by atoms with Gasteiger partial charge in [0.2, 0.25) is 0 Å². The number of hydrogen-bond acceptors (Lipinski definition) is 4. The molecule has 0 saturated carbocycles. The normalized spacial score (nSPS) is 13.3. The van der Waals surface area contributed by atoms with E-state index in [9.17, 15) is 13.0 Å². The van der Waals surface area contributed by atoms with Crippen LogP contribution in [0.15, 0.2) is 29.2 Å². The minimum Gasteiger partial charge on any atom is -0.744 e. The van der Waals surface area contributed by atoms with Crippen LogP contribution in [0.2, 0.25) is 0 Å². The average molecular weight is 486 g/mol. The molecule has 6 heteroatoms. The van der Waals surface area contributed by atoms with Gasteiger partial charge in [0, 0.05) is 6.61 Å². The summed E-state index contributed by atoms with van der Waals surface area (Å²) in [6.07, 6.45) is 17.4. The minimum atomic E-state index is -4.27. The molecule has 1 rings (SSSR count). The zero-order chi connectivity index (χ0) is 25.0. The highest BCUT2D eigenvalue weighted by atomic mass is 32.2. The van der Waals surface area contributed by atoms with Crippen LogP contribution in [-0.4, -0.2) is 55.8 Å². The molecule has 0 aromatic heterocycles. The molecule has 33 heavy (non-hydrogen) atoms. The second-order valence-corrected chi connectivity index (χ2v) is 11.0. The molecular weight excluding hydrogens is 434 g/mol. The Balaban J connectivity index is 0.000000771. The van der Waals surface area contributed by atoms with Crippen molar-refractivity contribution in [3.8, 4) is 0 Å². The van der Waals surface area contributed by atoms with Crippen molar-refractivity contribution in [2.45, 2.75) is 109 Å². The quantitative estimate of drug-likeness (QED) is 0.147. The molecule has 194 valence electrons. The highest BCUT2D eigenvalue weighted by Gasteiger charge is 2.19. The second kappa shape index (κ2) is 19.4. The fourth-order valence-corrected chi connectivity index (χ4v) is 4.49. The van der Waals surface area contributed by atoms with Gasteiger partial charge in [0.25, 0.3) is 0 Å². The van der Waals surface area contributed by atoms with E-state index >= 15 is 0 Å². The third-order valence-corrected chi connectivity index (χ3v) is 7.12. The fraction of sp³-hybridized carbons (Fsp3) is 0.778. The predicted octanol–water partition coefficient (Wildman–Crippen LogP) is 6.44. The van der Waals surface area contributed by atoms with Gasteiger partial charge in [-0.2, -0.15) is 0 Å². The number of benzene rings is 1. The van der Waals surface area contributed by atoms with Crippen LogP contribution in [0.4, 0.5) is 0 Å². The van der Waals surface area contributed by atoms with Gasteiger partial charge < -0.3 is 14.1 Å². The van der Waals surface area contributed by atoms with E-state index in [0.717, 1.165) is 12.0 Å². The third-order valence-electron chi connectivity index (χ3n) is 6.27. The Morgan fingerprint density at radius 2 is 1.12 bits per heavy atom. The number of nitrogens with zero attached hydrogens (tertiary/aromatic N) is 1. The summed E-state index contributed by atoms with van der Waals surface area (Å²) in [6.45, 7) is 10.7. The first-order chi connectivity index (χ1) is 15.7. The summed E-state index contributed by atoms with van der Waals surface area (Å²) in [4.78, 5) is -0.178. The summed E-state index contributed by atoms with van der Waals surface area (Å²) in [5, 5.41) is 9.03. The summed E-state index contributed by atoms with van der Waals surface area (Å²) in [7, 11) is -1.82. The van der Waals surface area contributed by atoms with Crippen molar-refractivity contribution in [2.24, 2.45) is 0 Å². The van der Waals surface area contributed by atoms with Gasteiger partial charge >= 0.3 is 0 Å². The van der Waals surface area contributed by atoms with Crippen molar-refractivity contribution in [1.29, 1.82) is 0 Å². The lowest BCUT2D eigenvalue weighted by Crippen LogP contribution is -2.46. The molecule has 1 N–H and O–H groups in total. The molecule has 0 saturated heterocycles. The molecule has 0 aliphatic carbocycles. The summed E-state index contributed by atoms with van der Waals surface area (Å²) in [5.41, 5.74) is 0.928. The largest absolute Gasteiger partial charge is 0.744 e. The van der Waals surface area contributed by atoms with E-state index in [1.165, 1.54) is 113 Å². The van der Waals surface area contributed by atoms with Crippen molar-refractivity contribution in [2.75, 3.05) is 33.3 Å². The van der Waals surface area contributed by atoms with Crippen LogP contribution in [0.25, 0.3) is 0 Å². The molecule has 0 bridgehead atoms. The summed E-state index contributed by atoms with van der Waals surface area (Å²) in [6, 6.07) is 5.78. The maximum Gasteiger partial charge on any atom is 0.124 e. The maximum absolute atomic E-state index is 10.4. The molecule has 5 nitrogen and oxygen atoms in total. The topological polar surface area (TPSA) is 77.4 Å². The van der Waals surface area contributed by atoms with E-state index in [4.69, 9.17) is 5.11 Å². The van der Waals surface area contributed by atoms with Gasteiger partial charge in [-0.05, 0) is 57.6 Å². The van der Waals surface area contributed by atoms with Crippen LogP contribution < -0.4 is 0 Å². The second-order valence-electron chi connectivity index (χ2n) is 9.67. The van der Waals surface area contributed by atoms with E-state index in [0.29, 0.717) is 6.61 Å². The van der Waals surface area contributed by atoms with E-state index in [1.807, 2.05) is 6.92 Å². The van der Waals surface area contributed by atoms with E-state index in [1.54, 1.807) is 12.1 Å². The maximum atomic E-state index is 10.4.